The van der Waals surface area contributed by atoms with Gasteiger partial charge in [-0.15, -0.1) is 0 Å². The molecule has 0 radical (unpaired) electrons. The molecular formula is C11H15ClS. The average Bonchev–Trinajstić information content (AvgIpc) is 2.04. The van der Waals surface area contributed by atoms with Gasteiger partial charge in [-0.05, 0) is 35.3 Å². The fourth-order valence-electron chi connectivity index (χ4n) is 1.32. The number of aryl methyl sites for hydroxylation is 1. The molecule has 0 amide bonds. The van der Waals surface area contributed by atoms with Crippen LogP contribution < -0.4 is 0 Å². The van der Waals surface area contributed by atoms with Gasteiger partial charge < -0.3 is 0 Å². The van der Waals surface area contributed by atoms with Crippen LogP contribution in [0.4, 0.5) is 0 Å². The molecule has 1 aromatic rings. The summed E-state index contributed by atoms with van der Waals surface area (Å²) in [6.07, 6.45) is 0.987. The third-order valence-electron chi connectivity index (χ3n) is 2.09. The summed E-state index contributed by atoms with van der Waals surface area (Å²) in [5.41, 5.74) is 2.49. The largest absolute Gasteiger partial charge is 0.179 e. The van der Waals surface area contributed by atoms with E-state index in [0.717, 1.165) is 17.2 Å². The Hall–Kier alpha value is -0.140. The van der Waals surface area contributed by atoms with Crippen LogP contribution in [0.15, 0.2) is 18.2 Å². The molecule has 0 fully saturated rings. The van der Waals surface area contributed by atoms with E-state index in [4.69, 9.17) is 11.6 Å². The lowest BCUT2D eigenvalue weighted by Gasteiger charge is -2.09. The first kappa shape index (κ1) is 10.9. The highest BCUT2D eigenvalue weighted by atomic mass is 35.5. The van der Waals surface area contributed by atoms with E-state index in [2.05, 4.69) is 38.6 Å². The maximum atomic E-state index is 6.14. The minimum absolute atomic E-state index is 0.498. The first-order valence-corrected chi connectivity index (χ1v) is 5.55. The smallest absolute Gasteiger partial charge is 0.0443 e. The predicted octanol–water partition coefficient (Wildman–Crippen LogP) is 3.94. The molecule has 1 aromatic carbocycles. The van der Waals surface area contributed by atoms with Crippen molar-refractivity contribution in [1.29, 1.82) is 0 Å². The fourth-order valence-corrected chi connectivity index (χ4v) is 2.00. The average molecular weight is 215 g/mol. The second kappa shape index (κ2) is 4.92. The Morgan fingerprint density at radius 1 is 1.38 bits per heavy atom. The van der Waals surface area contributed by atoms with Crippen LogP contribution >= 0.6 is 24.2 Å². The van der Waals surface area contributed by atoms with Crippen molar-refractivity contribution in [3.05, 3.63) is 34.3 Å². The number of rotatable bonds is 3. The molecule has 0 spiro atoms. The summed E-state index contributed by atoms with van der Waals surface area (Å²) >= 11 is 10.3. The fraction of sp³-hybridized carbons (Fsp3) is 0.455. The van der Waals surface area contributed by atoms with E-state index < -0.39 is 0 Å². The van der Waals surface area contributed by atoms with Crippen molar-refractivity contribution in [2.45, 2.75) is 26.2 Å². The molecule has 0 heterocycles. The molecule has 0 bridgehead atoms. The normalized spacial score (nSPS) is 10.8. The summed E-state index contributed by atoms with van der Waals surface area (Å²) in [5, 5.41) is 0.884. The molecule has 0 unspecified atom stereocenters. The molecule has 0 aromatic heterocycles. The molecule has 13 heavy (non-hydrogen) atoms. The Morgan fingerprint density at radius 3 is 2.54 bits per heavy atom. The van der Waals surface area contributed by atoms with Gasteiger partial charge in [-0.3, -0.25) is 0 Å². The molecule has 0 atom stereocenters. The van der Waals surface area contributed by atoms with E-state index in [0.29, 0.717) is 5.92 Å². The Balaban J connectivity index is 2.92. The van der Waals surface area contributed by atoms with Gasteiger partial charge in [0.25, 0.3) is 0 Å². The molecule has 0 aliphatic heterocycles. The summed E-state index contributed by atoms with van der Waals surface area (Å²) in [4.78, 5) is 0. The first-order chi connectivity index (χ1) is 6.15. The summed E-state index contributed by atoms with van der Waals surface area (Å²) in [6, 6.07) is 6.30. The Morgan fingerprint density at radius 2 is 2.08 bits per heavy atom. The minimum Gasteiger partial charge on any atom is -0.179 e. The molecule has 2 heteroatoms. The van der Waals surface area contributed by atoms with E-state index in [1.54, 1.807) is 0 Å². The first-order valence-electron chi connectivity index (χ1n) is 4.54. The Labute approximate surface area is 90.7 Å². The molecule has 0 saturated carbocycles. The molecular weight excluding hydrogens is 200 g/mol. The third-order valence-corrected chi connectivity index (χ3v) is 2.64. The van der Waals surface area contributed by atoms with Crippen LogP contribution in [0.3, 0.4) is 0 Å². The van der Waals surface area contributed by atoms with Gasteiger partial charge in [-0.25, -0.2) is 0 Å². The predicted molar refractivity (Wildman–Crippen MR) is 63.1 cm³/mol. The molecule has 1 rings (SSSR count). The van der Waals surface area contributed by atoms with Crippen molar-refractivity contribution in [3.63, 3.8) is 0 Å². The van der Waals surface area contributed by atoms with Crippen molar-refractivity contribution < 1.29 is 0 Å². The molecule has 0 aliphatic rings. The Bertz CT molecular complexity index is 281. The molecule has 0 nitrogen and oxygen atoms in total. The van der Waals surface area contributed by atoms with Crippen LogP contribution in [-0.4, -0.2) is 5.75 Å². The van der Waals surface area contributed by atoms with Gasteiger partial charge in [0.2, 0.25) is 0 Å². The number of halogens is 1. The highest BCUT2D eigenvalue weighted by Crippen LogP contribution is 2.25. The second-order valence-electron chi connectivity index (χ2n) is 3.48. The Kier molecular flexibility index (Phi) is 4.14. The number of hydrogen-bond acceptors (Lipinski definition) is 1. The van der Waals surface area contributed by atoms with Crippen molar-refractivity contribution in [2.75, 3.05) is 5.75 Å². The van der Waals surface area contributed by atoms with Crippen molar-refractivity contribution in [2.24, 2.45) is 0 Å². The van der Waals surface area contributed by atoms with Crippen LogP contribution in [0, 0.1) is 0 Å². The summed E-state index contributed by atoms with van der Waals surface area (Å²) < 4.78 is 0. The zero-order chi connectivity index (χ0) is 9.84. The quantitative estimate of drug-likeness (QED) is 0.725. The van der Waals surface area contributed by atoms with Crippen molar-refractivity contribution >= 4 is 24.2 Å². The summed E-state index contributed by atoms with van der Waals surface area (Å²) in [7, 11) is 0. The van der Waals surface area contributed by atoms with Gasteiger partial charge >= 0.3 is 0 Å². The summed E-state index contributed by atoms with van der Waals surface area (Å²) in [6.45, 7) is 4.30. The van der Waals surface area contributed by atoms with Gasteiger partial charge in [0, 0.05) is 5.02 Å². The number of hydrogen-bond donors (Lipinski definition) is 1. The molecule has 72 valence electrons. The van der Waals surface area contributed by atoms with E-state index >= 15 is 0 Å². The van der Waals surface area contributed by atoms with E-state index in [1.165, 1.54) is 11.1 Å². The number of thiol groups is 1. The molecule has 0 saturated heterocycles. The lowest BCUT2D eigenvalue weighted by Crippen LogP contribution is -1.92. The van der Waals surface area contributed by atoms with E-state index in [9.17, 15) is 0 Å². The topological polar surface area (TPSA) is 0 Å². The van der Waals surface area contributed by atoms with E-state index in [-0.39, 0.29) is 0 Å². The van der Waals surface area contributed by atoms with Crippen molar-refractivity contribution in [3.8, 4) is 0 Å². The van der Waals surface area contributed by atoms with Crippen LogP contribution in [0.5, 0.6) is 0 Å². The van der Waals surface area contributed by atoms with Crippen LogP contribution in [-0.2, 0) is 6.42 Å². The van der Waals surface area contributed by atoms with E-state index in [1.807, 2.05) is 6.07 Å². The molecule has 0 aliphatic carbocycles. The molecule has 0 N–H and O–H groups in total. The second-order valence-corrected chi connectivity index (χ2v) is 4.34. The third kappa shape index (κ3) is 2.92. The van der Waals surface area contributed by atoms with Crippen molar-refractivity contribution in [1.82, 2.24) is 0 Å². The zero-order valence-corrected chi connectivity index (χ0v) is 9.70. The summed E-state index contributed by atoms with van der Waals surface area (Å²) in [5.74, 6) is 1.37. The van der Waals surface area contributed by atoms with Gasteiger partial charge in [0.05, 0.1) is 0 Å². The monoisotopic (exact) mass is 214 g/mol. The highest BCUT2D eigenvalue weighted by molar-refractivity contribution is 7.80. The number of benzene rings is 1. The maximum absolute atomic E-state index is 6.14. The maximum Gasteiger partial charge on any atom is 0.0443 e. The standard InChI is InChI=1S/C11H15ClS/c1-8(2)10-4-3-9(5-6-13)7-11(10)12/h3-4,7-8,13H,5-6H2,1-2H3. The van der Waals surface area contributed by atoms with Gasteiger partial charge in [0.1, 0.15) is 0 Å². The van der Waals surface area contributed by atoms with Crippen LogP contribution in [0.25, 0.3) is 0 Å². The van der Waals surface area contributed by atoms with Crippen LogP contribution in [0.1, 0.15) is 30.9 Å². The lowest BCUT2D eigenvalue weighted by molar-refractivity contribution is 0.865. The van der Waals surface area contributed by atoms with Crippen LogP contribution in [0.2, 0.25) is 5.02 Å². The lowest BCUT2D eigenvalue weighted by atomic mass is 10.0. The zero-order valence-electron chi connectivity index (χ0n) is 8.05. The van der Waals surface area contributed by atoms with Gasteiger partial charge in [0.15, 0.2) is 0 Å². The van der Waals surface area contributed by atoms with Gasteiger partial charge in [-0.2, -0.15) is 12.6 Å². The SMILES string of the molecule is CC(C)c1ccc(CCS)cc1Cl. The van der Waals surface area contributed by atoms with Gasteiger partial charge in [-0.1, -0.05) is 37.6 Å². The highest BCUT2D eigenvalue weighted by Gasteiger charge is 2.04. The minimum atomic E-state index is 0.498.